The van der Waals surface area contributed by atoms with Crippen LogP contribution in [0.15, 0.2) is 54.1 Å². The summed E-state index contributed by atoms with van der Waals surface area (Å²) in [6.45, 7) is 3.61. The van der Waals surface area contributed by atoms with Gasteiger partial charge in [0.2, 0.25) is 11.8 Å². The van der Waals surface area contributed by atoms with E-state index in [-0.39, 0.29) is 43.8 Å². The Morgan fingerprint density at radius 3 is 2.56 bits per heavy atom. The Kier molecular flexibility index (Phi) is 10.4. The van der Waals surface area contributed by atoms with Gasteiger partial charge in [0, 0.05) is 31.0 Å². The Labute approximate surface area is 234 Å². The molecular weight excluding hydrogens is 618 g/mol. The average molecular weight is 647 g/mol. The summed E-state index contributed by atoms with van der Waals surface area (Å²) in [6.07, 6.45) is -0.287. The van der Waals surface area contributed by atoms with Crippen molar-refractivity contribution in [1.82, 2.24) is 10.2 Å². The fourth-order valence-electron chi connectivity index (χ4n) is 3.99. The van der Waals surface area contributed by atoms with Crippen molar-refractivity contribution in [3.8, 4) is 5.75 Å². The molecule has 2 aromatic carbocycles. The van der Waals surface area contributed by atoms with Crippen molar-refractivity contribution in [2.45, 2.75) is 45.1 Å². The predicted molar refractivity (Wildman–Crippen MR) is 148 cm³/mol. The van der Waals surface area contributed by atoms with Crippen molar-refractivity contribution in [2.75, 3.05) is 13.2 Å². The van der Waals surface area contributed by atoms with Crippen molar-refractivity contribution in [3.63, 3.8) is 0 Å². The maximum atomic E-state index is 13.4. The number of nitrogens with zero attached hydrogens (tertiary/aromatic N) is 1. The maximum absolute atomic E-state index is 13.4. The third kappa shape index (κ3) is 7.13. The standard InChI is InChI=1S/C26H29Cl2IN2O5/c1-15(2)26(35)31(14-16-7-8-18(27)19(28)11-16)21-12-17(25(34)30-9-10-32)13-23(24(21)33)36-22-6-4-3-5-20(22)29/h3-8,11,13,15,21,23-24,32-33H,9-10,12,14H2,1-2H3,(H,30,34). The summed E-state index contributed by atoms with van der Waals surface area (Å²) >= 11 is 14.4. The summed E-state index contributed by atoms with van der Waals surface area (Å²) in [7, 11) is 0. The number of para-hydroxylation sites is 1. The number of amides is 2. The highest BCUT2D eigenvalue weighted by atomic mass is 127. The van der Waals surface area contributed by atoms with Gasteiger partial charge in [-0.25, -0.2) is 0 Å². The van der Waals surface area contributed by atoms with E-state index in [1.54, 1.807) is 49.1 Å². The van der Waals surface area contributed by atoms with Gasteiger partial charge in [-0.3, -0.25) is 9.59 Å². The van der Waals surface area contributed by atoms with Crippen molar-refractivity contribution in [2.24, 2.45) is 5.92 Å². The van der Waals surface area contributed by atoms with E-state index >= 15 is 0 Å². The SMILES string of the molecule is CC(C)C(=O)N(Cc1ccc(Cl)c(Cl)c1)C1CC(C(=O)NCCO)=CC(Oc2ccccc2I)C1O. The van der Waals surface area contributed by atoms with E-state index in [1.807, 2.05) is 18.2 Å². The summed E-state index contributed by atoms with van der Waals surface area (Å²) in [6, 6.07) is 11.7. The number of carbonyl (C=O) groups is 2. The number of carbonyl (C=O) groups excluding carboxylic acids is 2. The Morgan fingerprint density at radius 2 is 1.92 bits per heavy atom. The van der Waals surface area contributed by atoms with Crippen LogP contribution >= 0.6 is 45.8 Å². The highest BCUT2D eigenvalue weighted by Crippen LogP contribution is 2.32. The van der Waals surface area contributed by atoms with Crippen molar-refractivity contribution < 1.29 is 24.5 Å². The van der Waals surface area contributed by atoms with Gasteiger partial charge < -0.3 is 25.2 Å². The lowest BCUT2D eigenvalue weighted by molar-refractivity contribution is -0.142. The smallest absolute Gasteiger partial charge is 0.247 e. The zero-order chi connectivity index (χ0) is 26.4. The molecule has 1 aliphatic rings. The zero-order valence-electron chi connectivity index (χ0n) is 20.0. The van der Waals surface area contributed by atoms with Crippen LogP contribution in [0, 0.1) is 9.49 Å². The van der Waals surface area contributed by atoms with E-state index in [4.69, 9.17) is 33.0 Å². The molecule has 3 rings (SSSR count). The van der Waals surface area contributed by atoms with E-state index in [2.05, 4.69) is 27.9 Å². The lowest BCUT2D eigenvalue weighted by Gasteiger charge is -2.41. The highest BCUT2D eigenvalue weighted by molar-refractivity contribution is 14.1. The number of halogens is 3. The van der Waals surface area contributed by atoms with Crippen LogP contribution < -0.4 is 10.1 Å². The molecule has 0 heterocycles. The monoisotopic (exact) mass is 646 g/mol. The van der Waals surface area contributed by atoms with Crippen LogP contribution in [0.5, 0.6) is 5.75 Å². The first-order chi connectivity index (χ1) is 17.1. The molecule has 0 aromatic heterocycles. The molecule has 7 nitrogen and oxygen atoms in total. The number of aliphatic hydroxyl groups excluding tert-OH is 2. The lowest BCUT2D eigenvalue weighted by Crippen LogP contribution is -2.55. The molecule has 0 bridgehead atoms. The lowest BCUT2D eigenvalue weighted by atomic mass is 9.87. The summed E-state index contributed by atoms with van der Waals surface area (Å²) in [5, 5.41) is 24.0. The van der Waals surface area contributed by atoms with Gasteiger partial charge in [0.1, 0.15) is 18.0 Å². The fourth-order valence-corrected chi connectivity index (χ4v) is 4.83. The van der Waals surface area contributed by atoms with Crippen LogP contribution in [0.3, 0.4) is 0 Å². The third-order valence-corrected chi connectivity index (χ3v) is 7.46. The first kappa shape index (κ1) is 28.7. The molecule has 36 heavy (non-hydrogen) atoms. The second kappa shape index (κ2) is 13.1. The molecular formula is C26H29Cl2IN2O5. The molecule has 3 N–H and O–H groups in total. The summed E-state index contributed by atoms with van der Waals surface area (Å²) < 4.78 is 6.99. The minimum Gasteiger partial charge on any atom is -0.482 e. The predicted octanol–water partition coefficient (Wildman–Crippen LogP) is 4.20. The molecule has 2 amide bonds. The summed E-state index contributed by atoms with van der Waals surface area (Å²) in [4.78, 5) is 27.8. The van der Waals surface area contributed by atoms with Gasteiger partial charge in [-0.2, -0.15) is 0 Å². The topological polar surface area (TPSA) is 99.1 Å². The highest BCUT2D eigenvalue weighted by Gasteiger charge is 2.41. The minimum absolute atomic E-state index is 0.0867. The molecule has 0 fully saturated rings. The number of ether oxygens (including phenoxy) is 1. The van der Waals surface area contributed by atoms with Crippen LogP contribution in [-0.2, 0) is 16.1 Å². The van der Waals surface area contributed by atoms with Crippen molar-refractivity contribution in [3.05, 3.63) is 73.3 Å². The largest absolute Gasteiger partial charge is 0.482 e. The van der Waals surface area contributed by atoms with Crippen molar-refractivity contribution >= 4 is 57.6 Å². The van der Waals surface area contributed by atoms with Gasteiger partial charge >= 0.3 is 0 Å². The molecule has 1 aliphatic carbocycles. The first-order valence-electron chi connectivity index (χ1n) is 11.6. The molecule has 3 unspecified atom stereocenters. The Bertz CT molecular complexity index is 1130. The Morgan fingerprint density at radius 1 is 1.19 bits per heavy atom. The fraction of sp³-hybridized carbons (Fsp3) is 0.385. The Hall–Kier alpha value is -1.85. The van der Waals surface area contributed by atoms with Crippen LogP contribution in [0.25, 0.3) is 0 Å². The number of nitrogens with one attached hydrogen (secondary N) is 1. The van der Waals surface area contributed by atoms with E-state index < -0.39 is 18.2 Å². The molecule has 194 valence electrons. The van der Waals surface area contributed by atoms with Gasteiger partial charge in [-0.1, -0.05) is 55.2 Å². The summed E-state index contributed by atoms with van der Waals surface area (Å²) in [5.74, 6) is -0.369. The van der Waals surface area contributed by atoms with E-state index in [0.717, 1.165) is 9.13 Å². The number of aliphatic hydroxyl groups is 2. The summed E-state index contributed by atoms with van der Waals surface area (Å²) in [5.41, 5.74) is 1.10. The van der Waals surface area contributed by atoms with Crippen LogP contribution in [0.2, 0.25) is 10.0 Å². The number of benzene rings is 2. The second-order valence-electron chi connectivity index (χ2n) is 8.82. The molecule has 2 aromatic rings. The van der Waals surface area contributed by atoms with Gasteiger partial charge in [-0.05, 0) is 58.5 Å². The van der Waals surface area contributed by atoms with E-state index in [1.165, 1.54) is 0 Å². The quantitative estimate of drug-likeness (QED) is 0.355. The van der Waals surface area contributed by atoms with Gasteiger partial charge in [0.05, 0.1) is 26.3 Å². The number of hydrogen-bond donors (Lipinski definition) is 3. The van der Waals surface area contributed by atoms with Crippen molar-refractivity contribution in [1.29, 1.82) is 0 Å². The molecule has 0 aliphatic heterocycles. The zero-order valence-corrected chi connectivity index (χ0v) is 23.6. The molecule has 0 saturated carbocycles. The normalized spacial score (nSPS) is 19.6. The molecule has 0 saturated heterocycles. The van der Waals surface area contributed by atoms with Gasteiger partial charge in [0.15, 0.2) is 0 Å². The van der Waals surface area contributed by atoms with E-state index in [0.29, 0.717) is 21.4 Å². The first-order valence-corrected chi connectivity index (χ1v) is 13.4. The van der Waals surface area contributed by atoms with E-state index in [9.17, 15) is 14.7 Å². The van der Waals surface area contributed by atoms with Crippen LogP contribution in [0.1, 0.15) is 25.8 Å². The number of hydrogen-bond acceptors (Lipinski definition) is 5. The van der Waals surface area contributed by atoms with Crippen LogP contribution in [-0.4, -0.2) is 58.3 Å². The van der Waals surface area contributed by atoms with Crippen LogP contribution in [0.4, 0.5) is 0 Å². The maximum Gasteiger partial charge on any atom is 0.247 e. The average Bonchev–Trinajstić information content (AvgIpc) is 2.85. The Balaban J connectivity index is 1.99. The third-order valence-electron chi connectivity index (χ3n) is 5.83. The molecule has 10 heteroatoms. The second-order valence-corrected chi connectivity index (χ2v) is 10.8. The minimum atomic E-state index is -1.11. The number of rotatable bonds is 9. The molecule has 3 atom stereocenters. The van der Waals surface area contributed by atoms with Gasteiger partial charge in [0.25, 0.3) is 0 Å². The molecule has 0 spiro atoms. The van der Waals surface area contributed by atoms with Gasteiger partial charge in [-0.15, -0.1) is 0 Å². The molecule has 0 radical (unpaired) electrons.